The minimum absolute atomic E-state index is 0.0275. The first-order valence-electron chi connectivity index (χ1n) is 10.7. The summed E-state index contributed by atoms with van der Waals surface area (Å²) in [6.45, 7) is 6.98. The summed E-state index contributed by atoms with van der Waals surface area (Å²) >= 11 is 0. The Balaban J connectivity index is 1.26. The van der Waals surface area contributed by atoms with Crippen LogP contribution < -0.4 is 0 Å². The van der Waals surface area contributed by atoms with Gasteiger partial charge in [0.15, 0.2) is 0 Å². The first-order chi connectivity index (χ1) is 14.2. The highest BCUT2D eigenvalue weighted by atomic mass is 16.5. The number of esters is 1. The van der Waals surface area contributed by atoms with Crippen LogP contribution in [0.3, 0.4) is 0 Å². The highest BCUT2D eigenvalue weighted by molar-refractivity contribution is 5.72. The van der Waals surface area contributed by atoms with Crippen LogP contribution >= 0.6 is 0 Å². The van der Waals surface area contributed by atoms with E-state index in [1.165, 1.54) is 0 Å². The standard InChI is InChI=1S/C22H30N4O3/c1-2-28-22(27)18-9-6-12-26(15-18)19-10-13-25(14-11-19)16-20-23-21(24-29-20)17-7-4-3-5-8-17/h3-5,7-8,18-19H,2,6,9-16H2,1H3/t18-/m1/s1. The Morgan fingerprint density at radius 1 is 1.17 bits per heavy atom. The largest absolute Gasteiger partial charge is 0.466 e. The van der Waals surface area contributed by atoms with Crippen molar-refractivity contribution in [3.05, 3.63) is 36.2 Å². The van der Waals surface area contributed by atoms with Gasteiger partial charge in [-0.3, -0.25) is 14.6 Å². The van der Waals surface area contributed by atoms with E-state index in [2.05, 4.69) is 19.9 Å². The Morgan fingerprint density at radius 3 is 2.72 bits per heavy atom. The second-order valence-electron chi connectivity index (χ2n) is 7.97. The summed E-state index contributed by atoms with van der Waals surface area (Å²) in [7, 11) is 0. The number of carbonyl (C=O) groups is 1. The van der Waals surface area contributed by atoms with Crippen LogP contribution in [0, 0.1) is 5.92 Å². The number of benzene rings is 1. The van der Waals surface area contributed by atoms with Gasteiger partial charge < -0.3 is 9.26 Å². The van der Waals surface area contributed by atoms with E-state index < -0.39 is 0 Å². The molecule has 2 aromatic rings. The fourth-order valence-electron chi connectivity index (χ4n) is 4.45. The lowest BCUT2D eigenvalue weighted by atomic mass is 9.94. The number of aromatic nitrogens is 2. The van der Waals surface area contributed by atoms with E-state index in [0.717, 1.165) is 57.4 Å². The second-order valence-corrected chi connectivity index (χ2v) is 7.97. The highest BCUT2D eigenvalue weighted by Crippen LogP contribution is 2.25. The Hall–Kier alpha value is -2.25. The van der Waals surface area contributed by atoms with E-state index in [1.54, 1.807) is 0 Å². The molecule has 0 unspecified atom stereocenters. The fraction of sp³-hybridized carbons (Fsp3) is 0.591. The van der Waals surface area contributed by atoms with E-state index in [9.17, 15) is 4.79 Å². The van der Waals surface area contributed by atoms with E-state index in [4.69, 9.17) is 9.26 Å². The average Bonchev–Trinajstić information content (AvgIpc) is 3.24. The average molecular weight is 399 g/mol. The molecule has 2 fully saturated rings. The zero-order valence-electron chi connectivity index (χ0n) is 17.1. The lowest BCUT2D eigenvalue weighted by molar-refractivity contribution is -0.150. The molecule has 0 radical (unpaired) electrons. The van der Waals surface area contributed by atoms with Crippen molar-refractivity contribution in [3.8, 4) is 11.4 Å². The molecule has 4 rings (SSSR count). The van der Waals surface area contributed by atoms with Crippen LogP contribution in [0.4, 0.5) is 0 Å². The maximum absolute atomic E-state index is 12.1. The minimum Gasteiger partial charge on any atom is -0.466 e. The van der Waals surface area contributed by atoms with Crippen molar-refractivity contribution in [2.24, 2.45) is 5.92 Å². The van der Waals surface area contributed by atoms with E-state index in [-0.39, 0.29) is 11.9 Å². The number of hydrogen-bond acceptors (Lipinski definition) is 7. The number of rotatable bonds is 6. The van der Waals surface area contributed by atoms with Gasteiger partial charge in [-0.05, 0) is 39.2 Å². The van der Waals surface area contributed by atoms with Crippen molar-refractivity contribution in [2.45, 2.75) is 45.2 Å². The molecule has 0 N–H and O–H groups in total. The van der Waals surface area contributed by atoms with Crippen molar-refractivity contribution in [1.29, 1.82) is 0 Å². The zero-order valence-corrected chi connectivity index (χ0v) is 17.1. The molecule has 1 aromatic carbocycles. The van der Waals surface area contributed by atoms with Gasteiger partial charge in [0.05, 0.1) is 19.1 Å². The summed E-state index contributed by atoms with van der Waals surface area (Å²) in [4.78, 5) is 21.5. The highest BCUT2D eigenvalue weighted by Gasteiger charge is 2.32. The molecule has 0 aliphatic carbocycles. The first-order valence-corrected chi connectivity index (χ1v) is 10.7. The van der Waals surface area contributed by atoms with Crippen molar-refractivity contribution in [3.63, 3.8) is 0 Å². The molecule has 1 atom stereocenters. The number of hydrogen-bond donors (Lipinski definition) is 0. The van der Waals surface area contributed by atoms with Gasteiger partial charge in [0.2, 0.25) is 11.7 Å². The Kier molecular flexibility index (Phi) is 6.56. The number of carbonyl (C=O) groups excluding carboxylic acids is 1. The molecular formula is C22H30N4O3. The van der Waals surface area contributed by atoms with Crippen LogP contribution in [0.25, 0.3) is 11.4 Å². The molecule has 0 amide bonds. The second kappa shape index (κ2) is 9.50. The summed E-state index contributed by atoms with van der Waals surface area (Å²) in [5.41, 5.74) is 0.975. The number of ether oxygens (including phenoxy) is 1. The maximum Gasteiger partial charge on any atom is 0.310 e. The Labute approximate surface area is 172 Å². The smallest absolute Gasteiger partial charge is 0.310 e. The summed E-state index contributed by atoms with van der Waals surface area (Å²) in [5.74, 6) is 1.33. The van der Waals surface area contributed by atoms with Crippen molar-refractivity contribution >= 4 is 5.97 Å². The van der Waals surface area contributed by atoms with Crippen LogP contribution in [0.1, 0.15) is 38.5 Å². The van der Waals surface area contributed by atoms with Gasteiger partial charge in [0.1, 0.15) is 0 Å². The summed E-state index contributed by atoms with van der Waals surface area (Å²) in [6, 6.07) is 10.5. The molecule has 0 bridgehead atoms. The van der Waals surface area contributed by atoms with Crippen LogP contribution in [-0.2, 0) is 16.1 Å². The maximum atomic E-state index is 12.1. The molecule has 7 heteroatoms. The van der Waals surface area contributed by atoms with Crippen LogP contribution in [0.5, 0.6) is 0 Å². The Bertz CT molecular complexity index is 786. The zero-order chi connectivity index (χ0) is 20.1. The predicted molar refractivity (Wildman–Crippen MR) is 109 cm³/mol. The minimum atomic E-state index is -0.0275. The molecule has 1 aromatic heterocycles. The van der Waals surface area contributed by atoms with E-state index in [1.807, 2.05) is 37.3 Å². The molecule has 0 spiro atoms. The van der Waals surface area contributed by atoms with Gasteiger partial charge in [-0.1, -0.05) is 35.5 Å². The molecule has 0 saturated carbocycles. The fourth-order valence-corrected chi connectivity index (χ4v) is 4.45. The van der Waals surface area contributed by atoms with E-state index in [0.29, 0.717) is 30.9 Å². The van der Waals surface area contributed by atoms with Gasteiger partial charge in [-0.2, -0.15) is 4.98 Å². The molecule has 7 nitrogen and oxygen atoms in total. The molecule has 156 valence electrons. The summed E-state index contributed by atoms with van der Waals surface area (Å²) in [5, 5.41) is 4.12. The van der Waals surface area contributed by atoms with Crippen LogP contribution in [0.2, 0.25) is 0 Å². The van der Waals surface area contributed by atoms with Gasteiger partial charge >= 0.3 is 5.97 Å². The third kappa shape index (κ3) is 5.03. The normalized spacial score (nSPS) is 21.9. The summed E-state index contributed by atoms with van der Waals surface area (Å²) < 4.78 is 10.7. The van der Waals surface area contributed by atoms with Crippen molar-refractivity contribution < 1.29 is 14.1 Å². The van der Waals surface area contributed by atoms with Gasteiger partial charge in [-0.15, -0.1) is 0 Å². The SMILES string of the molecule is CCOC(=O)[C@@H]1CCCN(C2CCN(Cc3nc(-c4ccccc4)no3)CC2)C1. The summed E-state index contributed by atoms with van der Waals surface area (Å²) in [6.07, 6.45) is 4.24. The molecule has 2 saturated heterocycles. The molecule has 3 heterocycles. The monoisotopic (exact) mass is 398 g/mol. The lowest BCUT2D eigenvalue weighted by Gasteiger charge is -2.41. The number of piperidine rings is 2. The quantitative estimate of drug-likeness (QED) is 0.693. The van der Waals surface area contributed by atoms with Gasteiger partial charge in [-0.25, -0.2) is 0 Å². The van der Waals surface area contributed by atoms with Crippen LogP contribution in [-0.4, -0.2) is 64.7 Å². The van der Waals surface area contributed by atoms with Gasteiger partial charge in [0.25, 0.3) is 0 Å². The van der Waals surface area contributed by atoms with E-state index >= 15 is 0 Å². The van der Waals surface area contributed by atoms with Crippen LogP contribution in [0.15, 0.2) is 34.9 Å². The van der Waals surface area contributed by atoms with Crippen molar-refractivity contribution in [2.75, 3.05) is 32.8 Å². The third-order valence-electron chi connectivity index (χ3n) is 6.01. The molecule has 29 heavy (non-hydrogen) atoms. The Morgan fingerprint density at radius 2 is 1.97 bits per heavy atom. The molecular weight excluding hydrogens is 368 g/mol. The van der Waals surface area contributed by atoms with Crippen molar-refractivity contribution in [1.82, 2.24) is 19.9 Å². The number of nitrogens with zero attached hydrogens (tertiary/aromatic N) is 4. The molecule has 2 aliphatic heterocycles. The first kappa shape index (κ1) is 20.0. The molecule has 2 aliphatic rings. The third-order valence-corrected chi connectivity index (χ3v) is 6.01. The number of likely N-dealkylation sites (tertiary alicyclic amines) is 2. The predicted octanol–water partition coefficient (Wildman–Crippen LogP) is 2.98. The lowest BCUT2D eigenvalue weighted by Crippen LogP contribution is -2.49. The van der Waals surface area contributed by atoms with Gasteiger partial charge in [0, 0.05) is 31.2 Å². The topological polar surface area (TPSA) is 71.7 Å².